The Balaban J connectivity index is 2.19. The van der Waals surface area contributed by atoms with Crippen molar-refractivity contribution in [3.8, 4) is 0 Å². The van der Waals surface area contributed by atoms with E-state index < -0.39 is 21.9 Å². The smallest absolute Gasteiger partial charge is 0.307 e. The molecule has 1 unspecified atom stereocenters. The van der Waals surface area contributed by atoms with Gasteiger partial charge in [-0.25, -0.2) is 12.7 Å². The van der Waals surface area contributed by atoms with E-state index in [9.17, 15) is 13.2 Å². The third-order valence-electron chi connectivity index (χ3n) is 3.20. The van der Waals surface area contributed by atoms with E-state index in [0.29, 0.717) is 16.7 Å². The van der Waals surface area contributed by atoms with Gasteiger partial charge in [-0.1, -0.05) is 24.2 Å². The molecule has 0 bridgehead atoms. The Kier molecular flexibility index (Phi) is 4.29. The van der Waals surface area contributed by atoms with E-state index in [0.717, 1.165) is 4.31 Å². The van der Waals surface area contributed by atoms with Crippen molar-refractivity contribution in [2.45, 2.75) is 12.7 Å². The van der Waals surface area contributed by atoms with Crippen molar-refractivity contribution in [1.29, 1.82) is 0 Å². The van der Waals surface area contributed by atoms with Crippen LogP contribution in [0.2, 0.25) is 0 Å². The third-order valence-corrected chi connectivity index (χ3v) is 4.94. The van der Waals surface area contributed by atoms with Gasteiger partial charge >= 0.3 is 5.97 Å². The molecule has 1 atom stereocenters. The van der Waals surface area contributed by atoms with Crippen LogP contribution in [0.3, 0.4) is 0 Å². The molecule has 0 spiro atoms. The molecule has 1 aromatic heterocycles. The number of carbonyl (C=O) groups is 1. The number of rotatable bonds is 6. The molecule has 0 radical (unpaired) electrons. The van der Waals surface area contributed by atoms with Crippen molar-refractivity contribution in [1.82, 2.24) is 9.46 Å². The number of hydrogen-bond donors (Lipinski definition) is 1. The zero-order valence-corrected chi connectivity index (χ0v) is 12.5. The summed E-state index contributed by atoms with van der Waals surface area (Å²) in [5.74, 6) is -2.14. The average molecular weight is 312 g/mol. The Bertz CT molecular complexity index is 753. The van der Waals surface area contributed by atoms with E-state index in [1.165, 1.54) is 14.0 Å². The number of aliphatic carboxylic acids is 1. The average Bonchev–Trinajstić information content (AvgIpc) is 2.81. The fraction of sp³-hybridized carbons (Fsp3) is 0.385. The second-order valence-electron chi connectivity index (χ2n) is 4.90. The molecule has 114 valence electrons. The van der Waals surface area contributed by atoms with Crippen molar-refractivity contribution >= 4 is 27.0 Å². The lowest BCUT2D eigenvalue weighted by Gasteiger charge is -2.18. The van der Waals surface area contributed by atoms with E-state index in [1.54, 1.807) is 24.3 Å². The van der Waals surface area contributed by atoms with Crippen LogP contribution in [0.1, 0.15) is 12.6 Å². The number of hydrogen-bond acceptors (Lipinski definition) is 5. The number of carboxylic acids is 1. The van der Waals surface area contributed by atoms with Gasteiger partial charge in [0.25, 0.3) is 0 Å². The summed E-state index contributed by atoms with van der Waals surface area (Å²) >= 11 is 0. The van der Waals surface area contributed by atoms with Gasteiger partial charge < -0.3 is 9.63 Å². The van der Waals surface area contributed by atoms with Crippen LogP contribution in [0.4, 0.5) is 0 Å². The molecule has 0 aliphatic heterocycles. The largest absolute Gasteiger partial charge is 0.481 e. The molecule has 21 heavy (non-hydrogen) atoms. The van der Waals surface area contributed by atoms with E-state index >= 15 is 0 Å². The highest BCUT2D eigenvalue weighted by Crippen LogP contribution is 2.20. The minimum atomic E-state index is -3.66. The minimum Gasteiger partial charge on any atom is -0.481 e. The Morgan fingerprint density at radius 3 is 2.76 bits per heavy atom. The number of sulfonamides is 1. The molecule has 0 saturated carbocycles. The zero-order valence-electron chi connectivity index (χ0n) is 11.7. The first-order chi connectivity index (χ1) is 9.81. The van der Waals surface area contributed by atoms with Crippen LogP contribution in [0.15, 0.2) is 28.8 Å². The number of aromatic nitrogens is 1. The Morgan fingerprint density at radius 1 is 1.43 bits per heavy atom. The topological polar surface area (TPSA) is 101 Å². The first kappa shape index (κ1) is 15.5. The van der Waals surface area contributed by atoms with Crippen molar-refractivity contribution < 1.29 is 22.8 Å². The summed E-state index contributed by atoms with van der Waals surface area (Å²) in [7, 11) is -2.30. The van der Waals surface area contributed by atoms with Gasteiger partial charge in [-0.15, -0.1) is 0 Å². The molecule has 0 aliphatic carbocycles. The fourth-order valence-electron chi connectivity index (χ4n) is 1.90. The predicted molar refractivity (Wildman–Crippen MR) is 76.1 cm³/mol. The molecule has 2 rings (SSSR count). The van der Waals surface area contributed by atoms with Gasteiger partial charge in [0.15, 0.2) is 5.58 Å². The lowest BCUT2D eigenvalue weighted by Crippen LogP contribution is -2.34. The predicted octanol–water partition coefficient (Wildman–Crippen LogP) is 1.31. The molecule has 0 saturated heterocycles. The van der Waals surface area contributed by atoms with Gasteiger partial charge in [-0.2, -0.15) is 0 Å². The molecule has 0 amide bonds. The molecule has 0 aliphatic rings. The summed E-state index contributed by atoms with van der Waals surface area (Å²) < 4.78 is 30.6. The molecular weight excluding hydrogens is 296 g/mol. The Morgan fingerprint density at radius 2 is 2.10 bits per heavy atom. The van der Waals surface area contributed by atoms with Crippen LogP contribution in [-0.4, -0.2) is 42.5 Å². The van der Waals surface area contributed by atoms with Crippen LogP contribution in [0, 0.1) is 5.92 Å². The van der Waals surface area contributed by atoms with Gasteiger partial charge in [0, 0.05) is 19.0 Å². The lowest BCUT2D eigenvalue weighted by molar-refractivity contribution is -0.141. The first-order valence-corrected chi connectivity index (χ1v) is 7.92. The fourth-order valence-corrected chi connectivity index (χ4v) is 3.13. The van der Waals surface area contributed by atoms with Crippen LogP contribution in [0.5, 0.6) is 0 Å². The second kappa shape index (κ2) is 5.82. The molecule has 1 heterocycles. The van der Waals surface area contributed by atoms with E-state index in [2.05, 4.69) is 5.16 Å². The Hall–Kier alpha value is -1.93. The standard InChI is InChI=1S/C13H16N2O5S/c1-9(13(16)17)7-15(2)21(18,19)8-11-10-5-3-4-6-12(10)20-14-11/h3-6,9H,7-8H2,1-2H3,(H,16,17). The van der Waals surface area contributed by atoms with Crippen molar-refractivity contribution in [3.05, 3.63) is 30.0 Å². The van der Waals surface area contributed by atoms with Crippen molar-refractivity contribution in [2.24, 2.45) is 5.92 Å². The van der Waals surface area contributed by atoms with Crippen LogP contribution >= 0.6 is 0 Å². The molecular formula is C13H16N2O5S. The molecule has 2 aromatic rings. The summed E-state index contributed by atoms with van der Waals surface area (Å²) in [6.07, 6.45) is 0. The highest BCUT2D eigenvalue weighted by Gasteiger charge is 2.25. The van der Waals surface area contributed by atoms with E-state index in [1.807, 2.05) is 0 Å². The first-order valence-electron chi connectivity index (χ1n) is 6.31. The number of para-hydroxylation sites is 1. The maximum atomic E-state index is 12.3. The van der Waals surface area contributed by atoms with Crippen LogP contribution in [-0.2, 0) is 20.6 Å². The van der Waals surface area contributed by atoms with E-state index in [-0.39, 0.29) is 12.3 Å². The lowest BCUT2D eigenvalue weighted by atomic mass is 10.2. The van der Waals surface area contributed by atoms with Gasteiger partial charge in [0.1, 0.15) is 11.4 Å². The minimum absolute atomic E-state index is 0.0898. The summed E-state index contributed by atoms with van der Waals surface area (Å²) in [6, 6.07) is 6.98. The van der Waals surface area contributed by atoms with Crippen molar-refractivity contribution in [3.63, 3.8) is 0 Å². The summed E-state index contributed by atoms with van der Waals surface area (Å²) in [5.41, 5.74) is 0.838. The van der Waals surface area contributed by atoms with Crippen molar-refractivity contribution in [2.75, 3.05) is 13.6 Å². The zero-order chi connectivity index (χ0) is 15.6. The maximum absolute atomic E-state index is 12.3. The number of nitrogens with zero attached hydrogens (tertiary/aromatic N) is 2. The van der Waals surface area contributed by atoms with Crippen LogP contribution < -0.4 is 0 Å². The summed E-state index contributed by atoms with van der Waals surface area (Å²) in [4.78, 5) is 10.8. The molecule has 7 nitrogen and oxygen atoms in total. The highest BCUT2D eigenvalue weighted by molar-refractivity contribution is 7.88. The summed E-state index contributed by atoms with van der Waals surface area (Å²) in [6.45, 7) is 1.37. The van der Waals surface area contributed by atoms with E-state index in [4.69, 9.17) is 9.63 Å². The SMILES string of the molecule is CC(CN(C)S(=O)(=O)Cc1noc2ccccc12)C(=O)O. The molecule has 0 fully saturated rings. The van der Waals surface area contributed by atoms with Gasteiger partial charge in [-0.05, 0) is 12.1 Å². The summed E-state index contributed by atoms with van der Waals surface area (Å²) in [5, 5.41) is 13.3. The van der Waals surface area contributed by atoms with Crippen LogP contribution in [0.25, 0.3) is 11.0 Å². The molecule has 1 aromatic carbocycles. The van der Waals surface area contributed by atoms with Gasteiger partial charge in [0.05, 0.1) is 5.92 Å². The second-order valence-corrected chi connectivity index (χ2v) is 6.98. The highest BCUT2D eigenvalue weighted by atomic mass is 32.2. The number of carboxylic acid groups (broad SMARTS) is 1. The monoisotopic (exact) mass is 312 g/mol. The number of benzene rings is 1. The maximum Gasteiger partial charge on any atom is 0.307 e. The molecule has 8 heteroatoms. The number of fused-ring (bicyclic) bond motifs is 1. The Labute approximate surface area is 122 Å². The third kappa shape index (κ3) is 3.40. The van der Waals surface area contributed by atoms with Gasteiger partial charge in [-0.3, -0.25) is 4.79 Å². The molecule has 1 N–H and O–H groups in total. The normalized spacial score (nSPS) is 13.7. The van der Waals surface area contributed by atoms with Gasteiger partial charge in [0.2, 0.25) is 10.0 Å². The quantitative estimate of drug-likeness (QED) is 0.863.